The Balaban J connectivity index is 3.23. The van der Waals surface area contributed by atoms with Crippen LogP contribution in [0.1, 0.15) is 13.8 Å². The van der Waals surface area contributed by atoms with Crippen molar-refractivity contribution in [2.24, 2.45) is 5.92 Å². The Labute approximate surface area is 73.3 Å². The minimum atomic E-state index is -0.104. The van der Waals surface area contributed by atoms with E-state index in [0.29, 0.717) is 18.2 Å². The summed E-state index contributed by atoms with van der Waals surface area (Å²) in [6, 6.07) is -0.104. The molecule has 0 fully saturated rings. The van der Waals surface area contributed by atoms with Gasteiger partial charge < -0.3 is 10.6 Å². The summed E-state index contributed by atoms with van der Waals surface area (Å²) < 4.78 is 0. The van der Waals surface area contributed by atoms with E-state index < -0.39 is 0 Å². The zero-order valence-corrected chi connectivity index (χ0v) is 7.95. The van der Waals surface area contributed by atoms with Crippen LogP contribution in [0.5, 0.6) is 0 Å². The van der Waals surface area contributed by atoms with Crippen LogP contribution in [0.2, 0.25) is 0 Å². The maximum Gasteiger partial charge on any atom is 0.314 e. The van der Waals surface area contributed by atoms with Crippen molar-refractivity contribution in [2.45, 2.75) is 13.8 Å². The van der Waals surface area contributed by atoms with Crippen LogP contribution in [-0.2, 0) is 0 Å². The van der Waals surface area contributed by atoms with E-state index in [-0.39, 0.29) is 6.03 Å². The van der Waals surface area contributed by atoms with Crippen molar-refractivity contribution >= 4 is 18.7 Å². The fraction of sp³-hybridized carbons (Fsp3) is 0.857. The first-order chi connectivity index (χ1) is 5.16. The third-order valence-corrected chi connectivity index (χ3v) is 1.29. The van der Waals surface area contributed by atoms with E-state index in [9.17, 15) is 4.79 Å². The highest BCUT2D eigenvalue weighted by Crippen LogP contribution is 1.86. The lowest BCUT2D eigenvalue weighted by molar-refractivity contribution is 0.240. The molecule has 0 aliphatic carbocycles. The van der Waals surface area contributed by atoms with Crippen LogP contribution in [0, 0.1) is 5.92 Å². The molecule has 0 radical (unpaired) electrons. The standard InChI is InChI=1S/C7H16N2OS/c1-6(2)5-9-7(10)8-3-4-11/h6,11H,3-5H2,1-2H3,(H2,8,9,10). The molecule has 0 aliphatic rings. The van der Waals surface area contributed by atoms with Crippen molar-refractivity contribution in [2.75, 3.05) is 18.8 Å². The molecule has 0 aromatic rings. The lowest BCUT2D eigenvalue weighted by Crippen LogP contribution is -2.38. The molecule has 0 saturated carbocycles. The molecule has 3 nitrogen and oxygen atoms in total. The number of carbonyl (C=O) groups excluding carboxylic acids is 1. The molecule has 0 saturated heterocycles. The van der Waals surface area contributed by atoms with E-state index in [4.69, 9.17) is 0 Å². The van der Waals surface area contributed by atoms with Crippen LogP contribution >= 0.6 is 12.6 Å². The molecule has 0 rings (SSSR count). The maximum atomic E-state index is 10.9. The van der Waals surface area contributed by atoms with Crippen LogP contribution in [0.15, 0.2) is 0 Å². The van der Waals surface area contributed by atoms with Crippen molar-refractivity contribution in [3.05, 3.63) is 0 Å². The van der Waals surface area contributed by atoms with Gasteiger partial charge in [-0.1, -0.05) is 13.8 Å². The van der Waals surface area contributed by atoms with E-state index in [2.05, 4.69) is 37.1 Å². The number of thiol groups is 1. The van der Waals surface area contributed by atoms with Gasteiger partial charge in [0.25, 0.3) is 0 Å². The Kier molecular flexibility index (Phi) is 6.12. The summed E-state index contributed by atoms with van der Waals surface area (Å²) in [6.45, 7) is 5.45. The fourth-order valence-corrected chi connectivity index (χ4v) is 0.641. The van der Waals surface area contributed by atoms with E-state index in [1.165, 1.54) is 0 Å². The van der Waals surface area contributed by atoms with E-state index in [1.807, 2.05) is 0 Å². The highest BCUT2D eigenvalue weighted by molar-refractivity contribution is 7.80. The summed E-state index contributed by atoms with van der Waals surface area (Å²) in [6.07, 6.45) is 0. The van der Waals surface area contributed by atoms with Gasteiger partial charge in [-0.05, 0) is 5.92 Å². The second-order valence-electron chi connectivity index (χ2n) is 2.75. The van der Waals surface area contributed by atoms with Gasteiger partial charge in [-0.25, -0.2) is 4.79 Å². The van der Waals surface area contributed by atoms with Gasteiger partial charge in [0.2, 0.25) is 0 Å². The number of carbonyl (C=O) groups is 1. The third-order valence-electron chi connectivity index (χ3n) is 1.07. The average Bonchev–Trinajstić information content (AvgIpc) is 1.97. The van der Waals surface area contributed by atoms with Gasteiger partial charge in [0.15, 0.2) is 0 Å². The number of rotatable bonds is 4. The Hall–Kier alpha value is -0.380. The fourth-order valence-electron chi connectivity index (χ4n) is 0.529. The summed E-state index contributed by atoms with van der Waals surface area (Å²) in [7, 11) is 0. The van der Waals surface area contributed by atoms with E-state index in [0.717, 1.165) is 6.54 Å². The molecule has 2 N–H and O–H groups in total. The van der Waals surface area contributed by atoms with Gasteiger partial charge in [-0.15, -0.1) is 0 Å². The number of hydrogen-bond donors (Lipinski definition) is 3. The minimum absolute atomic E-state index is 0.104. The topological polar surface area (TPSA) is 41.1 Å². The molecule has 0 bridgehead atoms. The number of urea groups is 1. The molecule has 66 valence electrons. The first-order valence-corrected chi connectivity index (χ1v) is 4.42. The molecular weight excluding hydrogens is 160 g/mol. The molecule has 0 heterocycles. The zero-order chi connectivity index (χ0) is 8.69. The SMILES string of the molecule is CC(C)CNC(=O)NCCS. The molecule has 4 heteroatoms. The Bertz CT molecular complexity index is 117. The lowest BCUT2D eigenvalue weighted by Gasteiger charge is -2.07. The van der Waals surface area contributed by atoms with Crippen LogP contribution in [0.25, 0.3) is 0 Å². The van der Waals surface area contributed by atoms with Gasteiger partial charge in [0, 0.05) is 18.8 Å². The monoisotopic (exact) mass is 176 g/mol. The largest absolute Gasteiger partial charge is 0.338 e. The Morgan fingerprint density at radius 3 is 2.55 bits per heavy atom. The van der Waals surface area contributed by atoms with Crippen molar-refractivity contribution in [1.82, 2.24) is 10.6 Å². The first kappa shape index (κ1) is 10.6. The van der Waals surface area contributed by atoms with Crippen molar-refractivity contribution in [1.29, 1.82) is 0 Å². The molecule has 0 spiro atoms. The van der Waals surface area contributed by atoms with Crippen LogP contribution < -0.4 is 10.6 Å². The predicted molar refractivity (Wildman–Crippen MR) is 50.1 cm³/mol. The van der Waals surface area contributed by atoms with Crippen molar-refractivity contribution in [3.8, 4) is 0 Å². The summed E-state index contributed by atoms with van der Waals surface area (Å²) in [4.78, 5) is 10.9. The summed E-state index contributed by atoms with van der Waals surface area (Å²) in [5.74, 6) is 1.17. The molecular formula is C7H16N2OS. The summed E-state index contributed by atoms with van der Waals surface area (Å²) >= 11 is 3.96. The summed E-state index contributed by atoms with van der Waals surface area (Å²) in [5, 5.41) is 5.39. The minimum Gasteiger partial charge on any atom is -0.338 e. The second-order valence-corrected chi connectivity index (χ2v) is 3.20. The van der Waals surface area contributed by atoms with Crippen molar-refractivity contribution in [3.63, 3.8) is 0 Å². The first-order valence-electron chi connectivity index (χ1n) is 3.79. The van der Waals surface area contributed by atoms with Crippen LogP contribution in [0.4, 0.5) is 4.79 Å². The lowest BCUT2D eigenvalue weighted by atomic mass is 10.2. The smallest absolute Gasteiger partial charge is 0.314 e. The number of amides is 2. The highest BCUT2D eigenvalue weighted by Gasteiger charge is 1.98. The maximum absolute atomic E-state index is 10.9. The molecule has 0 atom stereocenters. The normalized spacial score (nSPS) is 9.82. The predicted octanol–water partition coefficient (Wildman–Crippen LogP) is 0.871. The number of nitrogens with one attached hydrogen (secondary N) is 2. The molecule has 0 unspecified atom stereocenters. The molecule has 0 aliphatic heterocycles. The number of hydrogen-bond acceptors (Lipinski definition) is 2. The van der Waals surface area contributed by atoms with Gasteiger partial charge in [-0.3, -0.25) is 0 Å². The van der Waals surface area contributed by atoms with Gasteiger partial charge in [-0.2, -0.15) is 12.6 Å². The molecule has 0 aromatic carbocycles. The zero-order valence-electron chi connectivity index (χ0n) is 7.05. The Morgan fingerprint density at radius 2 is 2.09 bits per heavy atom. The van der Waals surface area contributed by atoms with Crippen LogP contribution in [0.3, 0.4) is 0 Å². The third kappa shape index (κ3) is 7.52. The van der Waals surface area contributed by atoms with E-state index in [1.54, 1.807) is 0 Å². The van der Waals surface area contributed by atoms with Crippen molar-refractivity contribution < 1.29 is 4.79 Å². The van der Waals surface area contributed by atoms with Gasteiger partial charge in [0.1, 0.15) is 0 Å². The van der Waals surface area contributed by atoms with Crippen LogP contribution in [-0.4, -0.2) is 24.9 Å². The average molecular weight is 176 g/mol. The molecule has 2 amide bonds. The second kappa shape index (κ2) is 6.34. The molecule has 0 aromatic heterocycles. The van der Waals surface area contributed by atoms with E-state index >= 15 is 0 Å². The summed E-state index contributed by atoms with van der Waals surface area (Å²) in [5.41, 5.74) is 0. The van der Waals surface area contributed by atoms with Gasteiger partial charge >= 0.3 is 6.03 Å². The Morgan fingerprint density at radius 1 is 1.45 bits per heavy atom. The highest BCUT2D eigenvalue weighted by atomic mass is 32.1. The molecule has 11 heavy (non-hydrogen) atoms. The van der Waals surface area contributed by atoms with Gasteiger partial charge in [0.05, 0.1) is 0 Å². The quantitative estimate of drug-likeness (QED) is 0.547.